The van der Waals surface area contributed by atoms with Crippen molar-refractivity contribution in [3.8, 4) is 0 Å². The zero-order valence-corrected chi connectivity index (χ0v) is 9.70. The van der Waals surface area contributed by atoms with Crippen molar-refractivity contribution in [1.82, 2.24) is 10.6 Å². The summed E-state index contributed by atoms with van der Waals surface area (Å²) >= 11 is 0. The summed E-state index contributed by atoms with van der Waals surface area (Å²) in [5.41, 5.74) is 0. The minimum atomic E-state index is -4.02. The second kappa shape index (κ2) is 9.86. The molecule has 0 aliphatic heterocycles. The van der Waals surface area contributed by atoms with E-state index in [4.69, 9.17) is 4.74 Å². The van der Waals surface area contributed by atoms with Gasteiger partial charge >= 0.3 is 6.18 Å². The SMILES string of the molecule is COCCNCCCNCCCC(F)(F)F. The number of nitrogens with one attached hydrogen (secondary N) is 2. The molecule has 0 heterocycles. The molecule has 0 aliphatic carbocycles. The first-order valence-corrected chi connectivity index (χ1v) is 5.53. The molecular weight excluding hydrogens is 221 g/mol. The molecule has 16 heavy (non-hydrogen) atoms. The molecule has 0 aromatic rings. The van der Waals surface area contributed by atoms with E-state index in [1.807, 2.05) is 0 Å². The van der Waals surface area contributed by atoms with Crippen LogP contribution in [0.2, 0.25) is 0 Å². The van der Waals surface area contributed by atoms with Gasteiger partial charge in [0, 0.05) is 20.1 Å². The highest BCUT2D eigenvalue weighted by Crippen LogP contribution is 2.20. The summed E-state index contributed by atoms with van der Waals surface area (Å²) in [5, 5.41) is 6.13. The van der Waals surface area contributed by atoms with Gasteiger partial charge in [-0.3, -0.25) is 0 Å². The molecule has 0 aromatic heterocycles. The van der Waals surface area contributed by atoms with E-state index in [2.05, 4.69) is 10.6 Å². The fourth-order valence-corrected chi connectivity index (χ4v) is 1.18. The highest BCUT2D eigenvalue weighted by molar-refractivity contribution is 4.55. The number of methoxy groups -OCH3 is 1. The molecule has 0 saturated carbocycles. The lowest BCUT2D eigenvalue weighted by Gasteiger charge is -2.07. The van der Waals surface area contributed by atoms with Gasteiger partial charge in [0.15, 0.2) is 0 Å². The molecule has 0 unspecified atom stereocenters. The van der Waals surface area contributed by atoms with Gasteiger partial charge in [-0.2, -0.15) is 13.2 Å². The highest BCUT2D eigenvalue weighted by Gasteiger charge is 2.25. The van der Waals surface area contributed by atoms with Crippen LogP contribution in [-0.2, 0) is 4.74 Å². The van der Waals surface area contributed by atoms with Crippen LogP contribution in [0.4, 0.5) is 13.2 Å². The Labute approximate surface area is 94.7 Å². The van der Waals surface area contributed by atoms with Gasteiger partial charge < -0.3 is 15.4 Å². The van der Waals surface area contributed by atoms with E-state index < -0.39 is 12.6 Å². The highest BCUT2D eigenvalue weighted by atomic mass is 19.4. The van der Waals surface area contributed by atoms with Crippen LogP contribution in [0.5, 0.6) is 0 Å². The number of halogens is 3. The smallest absolute Gasteiger partial charge is 0.383 e. The molecule has 98 valence electrons. The van der Waals surface area contributed by atoms with Gasteiger partial charge in [-0.15, -0.1) is 0 Å². The number of rotatable bonds is 10. The zero-order chi connectivity index (χ0) is 12.3. The number of hydrogen-bond donors (Lipinski definition) is 2. The van der Waals surface area contributed by atoms with Crippen molar-refractivity contribution >= 4 is 0 Å². The molecule has 0 bridgehead atoms. The number of ether oxygens (including phenoxy) is 1. The Morgan fingerprint density at radius 3 is 2.06 bits per heavy atom. The Bertz CT molecular complexity index is 153. The van der Waals surface area contributed by atoms with Crippen LogP contribution in [0, 0.1) is 0 Å². The topological polar surface area (TPSA) is 33.3 Å². The molecule has 0 atom stereocenters. The van der Waals surface area contributed by atoms with Crippen molar-refractivity contribution in [3.05, 3.63) is 0 Å². The van der Waals surface area contributed by atoms with Gasteiger partial charge in [-0.05, 0) is 32.5 Å². The second-order valence-electron chi connectivity index (χ2n) is 3.57. The van der Waals surface area contributed by atoms with E-state index in [-0.39, 0.29) is 6.42 Å². The molecule has 0 rings (SSSR count). The second-order valence-corrected chi connectivity index (χ2v) is 3.57. The molecule has 0 saturated heterocycles. The average Bonchev–Trinajstić information content (AvgIpc) is 2.19. The number of hydrogen-bond acceptors (Lipinski definition) is 3. The third kappa shape index (κ3) is 13.7. The van der Waals surface area contributed by atoms with Gasteiger partial charge in [0.1, 0.15) is 0 Å². The lowest BCUT2D eigenvalue weighted by Crippen LogP contribution is -2.25. The molecule has 3 nitrogen and oxygen atoms in total. The third-order valence-corrected chi connectivity index (χ3v) is 2.00. The Morgan fingerprint density at radius 2 is 1.50 bits per heavy atom. The Kier molecular flexibility index (Phi) is 9.66. The van der Waals surface area contributed by atoms with E-state index in [0.29, 0.717) is 13.2 Å². The largest absolute Gasteiger partial charge is 0.389 e. The summed E-state index contributed by atoms with van der Waals surface area (Å²) in [4.78, 5) is 0. The van der Waals surface area contributed by atoms with Crippen LogP contribution >= 0.6 is 0 Å². The maximum atomic E-state index is 11.8. The maximum Gasteiger partial charge on any atom is 0.389 e. The third-order valence-electron chi connectivity index (χ3n) is 2.00. The molecule has 0 fully saturated rings. The van der Waals surface area contributed by atoms with E-state index in [1.54, 1.807) is 7.11 Å². The minimum Gasteiger partial charge on any atom is -0.383 e. The summed E-state index contributed by atoms with van der Waals surface area (Å²) in [6.07, 6.45) is -3.66. The van der Waals surface area contributed by atoms with Gasteiger partial charge in [0.25, 0.3) is 0 Å². The quantitative estimate of drug-likeness (QED) is 0.570. The first kappa shape index (κ1) is 15.7. The monoisotopic (exact) mass is 242 g/mol. The van der Waals surface area contributed by atoms with Gasteiger partial charge in [-0.1, -0.05) is 0 Å². The van der Waals surface area contributed by atoms with Crippen molar-refractivity contribution in [2.75, 3.05) is 39.9 Å². The molecule has 0 amide bonds. The first-order valence-electron chi connectivity index (χ1n) is 5.53. The van der Waals surface area contributed by atoms with Gasteiger partial charge in [0.2, 0.25) is 0 Å². The van der Waals surface area contributed by atoms with Crippen LogP contribution in [0.3, 0.4) is 0 Å². The van der Waals surface area contributed by atoms with Crippen LogP contribution in [0.15, 0.2) is 0 Å². The van der Waals surface area contributed by atoms with Crippen LogP contribution in [-0.4, -0.2) is 46.1 Å². The summed E-state index contributed by atoms with van der Waals surface area (Å²) in [6.45, 7) is 3.52. The molecule has 0 aromatic carbocycles. The summed E-state index contributed by atoms with van der Waals surface area (Å²) in [7, 11) is 1.64. The van der Waals surface area contributed by atoms with Crippen molar-refractivity contribution in [2.24, 2.45) is 0 Å². The van der Waals surface area contributed by atoms with E-state index in [0.717, 1.165) is 26.1 Å². The summed E-state index contributed by atoms with van der Waals surface area (Å²) < 4.78 is 40.1. The zero-order valence-electron chi connectivity index (χ0n) is 9.70. The maximum absolute atomic E-state index is 11.8. The molecule has 0 radical (unpaired) electrons. The Hall–Kier alpha value is -0.330. The van der Waals surface area contributed by atoms with E-state index in [9.17, 15) is 13.2 Å². The van der Waals surface area contributed by atoms with Crippen LogP contribution in [0.1, 0.15) is 19.3 Å². The standard InChI is InChI=1S/C10H21F3N2O/c1-16-9-8-15-7-3-6-14-5-2-4-10(11,12)13/h14-15H,2-9H2,1H3. The molecular formula is C10H21F3N2O. The van der Waals surface area contributed by atoms with Crippen molar-refractivity contribution in [2.45, 2.75) is 25.4 Å². The van der Waals surface area contributed by atoms with Gasteiger partial charge in [-0.25, -0.2) is 0 Å². The minimum absolute atomic E-state index is 0.153. The molecule has 2 N–H and O–H groups in total. The fourth-order valence-electron chi connectivity index (χ4n) is 1.18. The van der Waals surface area contributed by atoms with E-state index >= 15 is 0 Å². The van der Waals surface area contributed by atoms with Gasteiger partial charge in [0.05, 0.1) is 6.61 Å². The summed E-state index contributed by atoms with van der Waals surface area (Å²) in [6, 6.07) is 0. The molecule has 6 heteroatoms. The van der Waals surface area contributed by atoms with Crippen LogP contribution in [0.25, 0.3) is 0 Å². The van der Waals surface area contributed by atoms with Crippen molar-refractivity contribution < 1.29 is 17.9 Å². The normalized spacial score (nSPS) is 12.0. The Balaban J connectivity index is 2.99. The van der Waals surface area contributed by atoms with Crippen molar-refractivity contribution in [3.63, 3.8) is 0 Å². The lowest BCUT2D eigenvalue weighted by atomic mass is 10.3. The van der Waals surface area contributed by atoms with Crippen LogP contribution < -0.4 is 10.6 Å². The lowest BCUT2D eigenvalue weighted by molar-refractivity contribution is -0.135. The predicted molar refractivity (Wildman–Crippen MR) is 57.5 cm³/mol. The predicted octanol–water partition coefficient (Wildman–Crippen LogP) is 1.54. The fraction of sp³-hybridized carbons (Fsp3) is 1.00. The first-order chi connectivity index (χ1) is 7.56. The summed E-state index contributed by atoms with van der Waals surface area (Å²) in [5.74, 6) is 0. The van der Waals surface area contributed by atoms with E-state index in [1.165, 1.54) is 0 Å². The number of alkyl halides is 3. The molecule has 0 aliphatic rings. The van der Waals surface area contributed by atoms with Crippen molar-refractivity contribution in [1.29, 1.82) is 0 Å². The Morgan fingerprint density at radius 1 is 0.938 bits per heavy atom. The molecule has 0 spiro atoms. The average molecular weight is 242 g/mol.